The molecule has 0 unspecified atom stereocenters. The number of aliphatic hydroxyl groups excluding tert-OH is 4. The molecule has 0 radical (unpaired) electrons. The van der Waals surface area contributed by atoms with E-state index in [0.29, 0.717) is 25.7 Å². The van der Waals surface area contributed by atoms with Gasteiger partial charge in [0.2, 0.25) is 0 Å². The molecule has 11 nitrogen and oxygen atoms in total. The van der Waals surface area contributed by atoms with Gasteiger partial charge in [0.1, 0.15) is 31.2 Å². The van der Waals surface area contributed by atoms with Crippen LogP contribution in [0.25, 0.3) is 0 Å². The average molecular weight is 567 g/mol. The summed E-state index contributed by atoms with van der Waals surface area (Å²) in [6.45, 7) is 3.61. The Morgan fingerprint density at radius 2 is 1.75 bits per heavy atom. The van der Waals surface area contributed by atoms with Crippen LogP contribution in [0, 0.1) is 28.6 Å². The Morgan fingerprint density at radius 3 is 2.42 bits per heavy atom. The summed E-state index contributed by atoms with van der Waals surface area (Å²) < 4.78 is 16.8. The summed E-state index contributed by atoms with van der Waals surface area (Å²) in [6.07, 6.45) is -2.70. The first-order valence-electron chi connectivity index (χ1n) is 14.6. The molecule has 6 aliphatic rings. The van der Waals surface area contributed by atoms with E-state index in [1.54, 1.807) is 6.92 Å². The summed E-state index contributed by atoms with van der Waals surface area (Å²) in [5, 5.41) is 66.7. The van der Waals surface area contributed by atoms with Crippen molar-refractivity contribution in [3.8, 4) is 0 Å². The number of esters is 1. The van der Waals surface area contributed by atoms with Crippen LogP contribution >= 0.6 is 0 Å². The maximum atomic E-state index is 13.0. The van der Waals surface area contributed by atoms with Gasteiger partial charge in [-0.1, -0.05) is 6.92 Å². The highest BCUT2D eigenvalue weighted by Crippen LogP contribution is 2.70. The summed E-state index contributed by atoms with van der Waals surface area (Å²) in [7, 11) is 0. The normalized spacial score (nSPS) is 56.0. The molecule has 0 aromatic rings. The van der Waals surface area contributed by atoms with Gasteiger partial charge < -0.3 is 49.6 Å². The van der Waals surface area contributed by atoms with Crippen LogP contribution in [-0.4, -0.2) is 104 Å². The lowest BCUT2D eigenvalue weighted by Crippen LogP contribution is -2.71. The Morgan fingerprint density at radius 1 is 1.00 bits per heavy atom. The van der Waals surface area contributed by atoms with E-state index in [4.69, 9.17) is 14.2 Å². The smallest absolute Gasteiger partial charge is 0.331 e. The second-order valence-corrected chi connectivity index (χ2v) is 13.5. The van der Waals surface area contributed by atoms with E-state index in [0.717, 1.165) is 11.9 Å². The Hall–Kier alpha value is -1.44. The summed E-state index contributed by atoms with van der Waals surface area (Å²) in [5.41, 5.74) is -4.09. The topological polar surface area (TPSA) is 183 Å². The molecular weight excluding hydrogens is 524 g/mol. The molecule has 0 aromatic heterocycles. The number of hydrogen-bond donors (Lipinski definition) is 6. The lowest BCUT2D eigenvalue weighted by Gasteiger charge is -2.66. The number of rotatable bonds is 4. The first-order chi connectivity index (χ1) is 18.8. The molecule has 0 amide bonds. The second-order valence-electron chi connectivity index (χ2n) is 13.5. The van der Waals surface area contributed by atoms with Gasteiger partial charge in [-0.25, -0.2) is 4.79 Å². The van der Waals surface area contributed by atoms with Gasteiger partial charge in [-0.05, 0) is 75.2 Å². The number of fused-ring (bicyclic) bond motifs is 5. The van der Waals surface area contributed by atoms with Crippen molar-refractivity contribution in [3.63, 3.8) is 0 Å². The number of hydrogen-bond acceptors (Lipinski definition) is 11. The number of carbonyl (C=O) groups excluding carboxylic acids is 2. The maximum absolute atomic E-state index is 13.0. The summed E-state index contributed by atoms with van der Waals surface area (Å²) >= 11 is 0. The molecule has 1 saturated heterocycles. The predicted octanol–water partition coefficient (Wildman–Crippen LogP) is -0.279. The first kappa shape index (κ1) is 28.7. The molecule has 40 heavy (non-hydrogen) atoms. The molecule has 0 aromatic carbocycles. The molecule has 5 fully saturated rings. The third-order valence-corrected chi connectivity index (χ3v) is 12.1. The van der Waals surface area contributed by atoms with Crippen molar-refractivity contribution in [1.29, 1.82) is 0 Å². The van der Waals surface area contributed by atoms with E-state index in [-0.39, 0.29) is 44.1 Å². The van der Waals surface area contributed by atoms with E-state index in [9.17, 15) is 40.2 Å². The molecule has 4 saturated carbocycles. The summed E-state index contributed by atoms with van der Waals surface area (Å²) in [6, 6.07) is 0. The van der Waals surface area contributed by atoms with E-state index in [1.807, 2.05) is 6.92 Å². The van der Waals surface area contributed by atoms with Crippen LogP contribution < -0.4 is 0 Å². The Bertz CT molecular complexity index is 1080. The maximum Gasteiger partial charge on any atom is 0.331 e. The van der Waals surface area contributed by atoms with Crippen LogP contribution in [0.1, 0.15) is 65.2 Å². The highest BCUT2D eigenvalue weighted by atomic mass is 16.7. The average Bonchev–Trinajstić information content (AvgIpc) is 3.46. The fourth-order valence-electron chi connectivity index (χ4n) is 9.74. The highest BCUT2D eigenvalue weighted by molar-refractivity contribution is 5.85. The van der Waals surface area contributed by atoms with E-state index in [1.165, 1.54) is 6.08 Å². The Kier molecular flexibility index (Phi) is 6.83. The quantitative estimate of drug-likeness (QED) is 0.149. The molecule has 4 aliphatic carbocycles. The minimum absolute atomic E-state index is 0.0926. The molecule has 6 N–H and O–H groups in total. The lowest BCUT2D eigenvalue weighted by molar-refractivity contribution is -0.319. The van der Waals surface area contributed by atoms with Crippen molar-refractivity contribution >= 4 is 12.3 Å². The Labute approximate surface area is 233 Å². The molecule has 2 heterocycles. The zero-order valence-corrected chi connectivity index (χ0v) is 23.0. The van der Waals surface area contributed by atoms with Crippen LogP contribution in [0.3, 0.4) is 0 Å². The Balaban J connectivity index is 1.25. The van der Waals surface area contributed by atoms with Gasteiger partial charge in [0.05, 0.1) is 34.9 Å². The van der Waals surface area contributed by atoms with Crippen molar-refractivity contribution in [2.24, 2.45) is 28.6 Å². The molecule has 224 valence electrons. The molecule has 0 spiro atoms. The van der Waals surface area contributed by atoms with Crippen LogP contribution in [0.4, 0.5) is 0 Å². The summed E-state index contributed by atoms with van der Waals surface area (Å²) in [4.78, 5) is 24.8. The monoisotopic (exact) mass is 566 g/mol. The van der Waals surface area contributed by atoms with Crippen molar-refractivity contribution in [3.05, 3.63) is 11.6 Å². The van der Waals surface area contributed by atoms with Crippen LogP contribution in [0.5, 0.6) is 0 Å². The predicted molar refractivity (Wildman–Crippen MR) is 136 cm³/mol. The van der Waals surface area contributed by atoms with E-state index >= 15 is 0 Å². The highest BCUT2D eigenvalue weighted by Gasteiger charge is 2.74. The van der Waals surface area contributed by atoms with Gasteiger partial charge in [-0.3, -0.25) is 0 Å². The zero-order valence-electron chi connectivity index (χ0n) is 23.0. The minimum atomic E-state index is -1.47. The molecular formula is C29H42O11. The van der Waals surface area contributed by atoms with Crippen molar-refractivity contribution in [2.75, 3.05) is 6.61 Å². The summed E-state index contributed by atoms with van der Waals surface area (Å²) in [5.74, 6) is -1.42. The van der Waals surface area contributed by atoms with Gasteiger partial charge in [0.25, 0.3) is 0 Å². The van der Waals surface area contributed by atoms with Crippen molar-refractivity contribution < 1.29 is 54.4 Å². The fraction of sp³-hybridized carbons (Fsp3) is 0.862. The molecule has 6 rings (SSSR count). The number of aldehydes is 1. The third kappa shape index (κ3) is 3.71. The van der Waals surface area contributed by atoms with Crippen LogP contribution in [0.15, 0.2) is 11.6 Å². The number of cyclic esters (lactones) is 1. The SMILES string of the molecule is C[C@H]1O[C@@H](O[C@@H]2CC[C@]3(C=O)[C@H]4C[C@@H](O)[C@]5(C)[C@@H](C6=CC(=O)OC6)CC[C@]5(O)[C@@H]4CC[C@]3(O)C2)[C@H](O)[C@H](O)[C@@H]1O. The van der Waals surface area contributed by atoms with Gasteiger partial charge in [0, 0.05) is 17.9 Å². The molecule has 2 aliphatic heterocycles. The van der Waals surface area contributed by atoms with Crippen LogP contribution in [-0.2, 0) is 23.8 Å². The molecule has 11 heteroatoms. The van der Waals surface area contributed by atoms with Gasteiger partial charge in [0.15, 0.2) is 6.29 Å². The second kappa shape index (κ2) is 9.54. The number of ether oxygens (including phenoxy) is 3. The lowest BCUT2D eigenvalue weighted by atomic mass is 9.41. The fourth-order valence-corrected chi connectivity index (χ4v) is 9.74. The standard InChI is InChI=1S/C29H42O11/c1-14-22(33)23(34)24(35)25(39-14)40-16-3-6-27(13-30)19-10-20(31)26(2)17(15-9-21(32)38-12-15)5-8-29(26,37)18(19)4-7-28(27,36)11-16/h9,13-14,16-20,22-25,31,33-37H,3-8,10-12H2,1-2H3/t14-,16-,17-,18-,19+,20-,22-,23-,24-,25+,26+,27+,28+,29+/m1/s1. The van der Waals surface area contributed by atoms with Gasteiger partial charge >= 0.3 is 5.97 Å². The van der Waals surface area contributed by atoms with Crippen LogP contribution in [0.2, 0.25) is 0 Å². The third-order valence-electron chi connectivity index (χ3n) is 12.1. The minimum Gasteiger partial charge on any atom is -0.458 e. The largest absolute Gasteiger partial charge is 0.458 e. The molecule has 0 bridgehead atoms. The molecule has 14 atom stereocenters. The first-order valence-corrected chi connectivity index (χ1v) is 14.6. The van der Waals surface area contributed by atoms with Crippen molar-refractivity contribution in [2.45, 2.75) is 119 Å². The number of carbonyl (C=O) groups is 2. The zero-order chi connectivity index (χ0) is 28.8. The van der Waals surface area contributed by atoms with Gasteiger partial charge in [-0.15, -0.1) is 0 Å². The van der Waals surface area contributed by atoms with Crippen molar-refractivity contribution in [1.82, 2.24) is 0 Å². The van der Waals surface area contributed by atoms with E-state index in [2.05, 4.69) is 0 Å². The van der Waals surface area contributed by atoms with E-state index < -0.39 is 76.8 Å². The number of aliphatic hydroxyl groups is 6. The van der Waals surface area contributed by atoms with Gasteiger partial charge in [-0.2, -0.15) is 0 Å².